The molecule has 0 aromatic heterocycles. The number of carbonyl (C=O) groups is 3. The minimum atomic E-state index is -0.176. The Morgan fingerprint density at radius 3 is 2.50 bits per heavy atom. The molecule has 0 unspecified atom stereocenters. The summed E-state index contributed by atoms with van der Waals surface area (Å²) >= 11 is 0. The van der Waals surface area contributed by atoms with E-state index < -0.39 is 0 Å². The number of likely N-dealkylation sites (tertiary alicyclic amines) is 1. The van der Waals surface area contributed by atoms with E-state index in [1.807, 2.05) is 35.2 Å². The molecule has 0 saturated carbocycles. The van der Waals surface area contributed by atoms with Crippen LogP contribution >= 0.6 is 0 Å². The van der Waals surface area contributed by atoms with Gasteiger partial charge in [-0.15, -0.1) is 0 Å². The lowest BCUT2D eigenvalue weighted by atomic mass is 10.1. The summed E-state index contributed by atoms with van der Waals surface area (Å²) in [6, 6.07) is 13.0. The van der Waals surface area contributed by atoms with Crippen LogP contribution in [-0.4, -0.2) is 35.7 Å². The van der Waals surface area contributed by atoms with Gasteiger partial charge in [-0.05, 0) is 54.3 Å². The Labute approximate surface area is 164 Å². The summed E-state index contributed by atoms with van der Waals surface area (Å²) in [4.78, 5) is 39.5. The number of benzene rings is 2. The molecule has 0 spiro atoms. The molecule has 3 amide bonds. The van der Waals surface area contributed by atoms with Gasteiger partial charge in [0.1, 0.15) is 0 Å². The first kappa shape index (κ1) is 18.2. The van der Waals surface area contributed by atoms with Crippen LogP contribution in [-0.2, 0) is 22.6 Å². The molecule has 6 nitrogen and oxygen atoms in total. The van der Waals surface area contributed by atoms with Crippen molar-refractivity contribution in [1.29, 1.82) is 0 Å². The smallest absolute Gasteiger partial charge is 0.255 e. The summed E-state index contributed by atoms with van der Waals surface area (Å²) in [5, 5.41) is 2.92. The van der Waals surface area contributed by atoms with Crippen LogP contribution in [0.15, 0.2) is 42.5 Å². The Kier molecular flexibility index (Phi) is 4.86. The van der Waals surface area contributed by atoms with Crippen molar-refractivity contribution in [3.63, 3.8) is 0 Å². The van der Waals surface area contributed by atoms with E-state index >= 15 is 0 Å². The number of anilines is 2. The van der Waals surface area contributed by atoms with Crippen LogP contribution in [0.2, 0.25) is 0 Å². The predicted molar refractivity (Wildman–Crippen MR) is 107 cm³/mol. The maximum Gasteiger partial charge on any atom is 0.255 e. The third-order valence-electron chi connectivity index (χ3n) is 5.37. The number of amides is 3. The van der Waals surface area contributed by atoms with Crippen molar-refractivity contribution in [2.75, 3.05) is 23.3 Å². The second-order valence-electron chi connectivity index (χ2n) is 7.33. The summed E-state index contributed by atoms with van der Waals surface area (Å²) < 4.78 is 0. The highest BCUT2D eigenvalue weighted by Crippen LogP contribution is 2.30. The highest BCUT2D eigenvalue weighted by atomic mass is 16.2. The molecule has 2 heterocycles. The zero-order chi connectivity index (χ0) is 19.7. The van der Waals surface area contributed by atoms with Crippen LogP contribution in [0.4, 0.5) is 11.4 Å². The van der Waals surface area contributed by atoms with E-state index in [4.69, 9.17) is 0 Å². The monoisotopic (exact) mass is 377 g/mol. The maximum atomic E-state index is 12.6. The molecule has 144 valence electrons. The van der Waals surface area contributed by atoms with E-state index in [-0.39, 0.29) is 17.7 Å². The molecule has 2 aromatic carbocycles. The standard InChI is InChI=1S/C22H23N3O3/c1-15(26)25-12-10-18-13-19(8-9-20(18)25)23-22(28)17-6-4-16(5-7-17)14-24-11-2-3-21(24)27/h4-9,13H,2-3,10-12,14H2,1H3,(H,23,28). The first-order chi connectivity index (χ1) is 13.5. The summed E-state index contributed by atoms with van der Waals surface area (Å²) in [7, 11) is 0. The van der Waals surface area contributed by atoms with E-state index in [9.17, 15) is 14.4 Å². The van der Waals surface area contributed by atoms with Gasteiger partial charge in [0.2, 0.25) is 11.8 Å². The molecule has 6 heteroatoms. The van der Waals surface area contributed by atoms with Gasteiger partial charge in [0.05, 0.1) is 0 Å². The normalized spacial score (nSPS) is 15.7. The molecule has 0 bridgehead atoms. The fourth-order valence-electron chi connectivity index (χ4n) is 3.86. The van der Waals surface area contributed by atoms with Crippen molar-refractivity contribution in [1.82, 2.24) is 4.90 Å². The quantitative estimate of drug-likeness (QED) is 0.891. The number of carbonyl (C=O) groups excluding carboxylic acids is 3. The molecule has 2 aromatic rings. The molecule has 4 rings (SSSR count). The summed E-state index contributed by atoms with van der Waals surface area (Å²) in [6.07, 6.45) is 2.35. The van der Waals surface area contributed by atoms with Gasteiger partial charge in [-0.25, -0.2) is 0 Å². The van der Waals surface area contributed by atoms with Crippen LogP contribution in [0.25, 0.3) is 0 Å². The SMILES string of the molecule is CC(=O)N1CCc2cc(NC(=O)c3ccc(CN4CCCC4=O)cc3)ccc21. The lowest BCUT2D eigenvalue weighted by Gasteiger charge is -2.16. The highest BCUT2D eigenvalue weighted by molar-refractivity contribution is 6.04. The largest absolute Gasteiger partial charge is 0.338 e. The van der Waals surface area contributed by atoms with Gasteiger partial charge in [-0.1, -0.05) is 12.1 Å². The topological polar surface area (TPSA) is 69.7 Å². The molecule has 0 atom stereocenters. The third kappa shape index (κ3) is 3.63. The number of fused-ring (bicyclic) bond motifs is 1. The zero-order valence-corrected chi connectivity index (χ0v) is 15.9. The predicted octanol–water partition coefficient (Wildman–Crippen LogP) is 2.97. The highest BCUT2D eigenvalue weighted by Gasteiger charge is 2.23. The number of nitrogens with zero attached hydrogens (tertiary/aromatic N) is 2. The van der Waals surface area contributed by atoms with E-state index in [1.54, 1.807) is 24.0 Å². The molecule has 1 fully saturated rings. The minimum Gasteiger partial charge on any atom is -0.338 e. The summed E-state index contributed by atoms with van der Waals surface area (Å²) in [6.45, 7) is 3.65. The first-order valence-electron chi connectivity index (χ1n) is 9.60. The van der Waals surface area contributed by atoms with Gasteiger partial charge < -0.3 is 15.1 Å². The van der Waals surface area contributed by atoms with Gasteiger partial charge in [-0.3, -0.25) is 14.4 Å². The number of nitrogens with one attached hydrogen (secondary N) is 1. The van der Waals surface area contributed by atoms with Crippen molar-refractivity contribution < 1.29 is 14.4 Å². The van der Waals surface area contributed by atoms with E-state index in [1.165, 1.54) is 0 Å². The van der Waals surface area contributed by atoms with Gasteiger partial charge >= 0.3 is 0 Å². The van der Waals surface area contributed by atoms with Gasteiger partial charge in [0.15, 0.2) is 0 Å². The molecule has 0 radical (unpaired) electrons. The minimum absolute atomic E-state index is 0.0336. The molecule has 1 N–H and O–H groups in total. The number of hydrogen-bond acceptors (Lipinski definition) is 3. The van der Waals surface area contributed by atoms with Crippen LogP contribution in [0.3, 0.4) is 0 Å². The Morgan fingerprint density at radius 2 is 1.82 bits per heavy atom. The van der Waals surface area contributed by atoms with Crippen LogP contribution < -0.4 is 10.2 Å². The third-order valence-corrected chi connectivity index (χ3v) is 5.37. The first-order valence-corrected chi connectivity index (χ1v) is 9.60. The molecular weight excluding hydrogens is 354 g/mol. The Bertz CT molecular complexity index is 937. The summed E-state index contributed by atoms with van der Waals surface area (Å²) in [5.74, 6) is 0.0539. The molecule has 28 heavy (non-hydrogen) atoms. The molecule has 1 saturated heterocycles. The van der Waals surface area contributed by atoms with Gasteiger partial charge in [-0.2, -0.15) is 0 Å². The molecule has 2 aliphatic heterocycles. The maximum absolute atomic E-state index is 12.6. The lowest BCUT2D eigenvalue weighted by molar-refractivity contribution is -0.128. The van der Waals surface area contributed by atoms with Crippen molar-refractivity contribution in [2.45, 2.75) is 32.7 Å². The second kappa shape index (κ2) is 7.46. The zero-order valence-electron chi connectivity index (χ0n) is 15.9. The van der Waals surface area contributed by atoms with Crippen molar-refractivity contribution >= 4 is 29.1 Å². The summed E-state index contributed by atoms with van der Waals surface area (Å²) in [5.41, 5.74) is 4.31. The van der Waals surface area contributed by atoms with Crippen molar-refractivity contribution in [2.24, 2.45) is 0 Å². The van der Waals surface area contributed by atoms with E-state index in [0.717, 1.165) is 41.9 Å². The Balaban J connectivity index is 1.41. The molecule has 2 aliphatic rings. The van der Waals surface area contributed by atoms with E-state index in [2.05, 4.69) is 5.32 Å². The van der Waals surface area contributed by atoms with Crippen molar-refractivity contribution in [3.8, 4) is 0 Å². The average molecular weight is 377 g/mol. The van der Waals surface area contributed by atoms with Gasteiger partial charge in [0, 0.05) is 49.9 Å². The van der Waals surface area contributed by atoms with Crippen molar-refractivity contribution in [3.05, 3.63) is 59.2 Å². The lowest BCUT2D eigenvalue weighted by Crippen LogP contribution is -2.25. The number of rotatable bonds is 4. The number of hydrogen-bond donors (Lipinski definition) is 1. The van der Waals surface area contributed by atoms with Crippen LogP contribution in [0, 0.1) is 0 Å². The average Bonchev–Trinajstić information content (AvgIpc) is 3.28. The Hall–Kier alpha value is -3.15. The fraction of sp³-hybridized carbons (Fsp3) is 0.318. The molecule has 0 aliphatic carbocycles. The van der Waals surface area contributed by atoms with Crippen LogP contribution in [0.5, 0.6) is 0 Å². The second-order valence-corrected chi connectivity index (χ2v) is 7.33. The van der Waals surface area contributed by atoms with Gasteiger partial charge in [0.25, 0.3) is 5.91 Å². The Morgan fingerprint density at radius 1 is 1.04 bits per heavy atom. The fourth-order valence-corrected chi connectivity index (χ4v) is 3.86. The van der Waals surface area contributed by atoms with E-state index in [0.29, 0.717) is 25.1 Å². The van der Waals surface area contributed by atoms with Crippen LogP contribution in [0.1, 0.15) is 41.3 Å². The molecular formula is C22H23N3O3.